The van der Waals surface area contributed by atoms with E-state index in [1.165, 1.54) is 24.1 Å². The summed E-state index contributed by atoms with van der Waals surface area (Å²) in [7, 11) is 1.50. The molecular formula is C13H16FN3O3. The summed E-state index contributed by atoms with van der Waals surface area (Å²) >= 11 is 0. The molecule has 20 heavy (non-hydrogen) atoms. The van der Waals surface area contributed by atoms with Crippen LogP contribution in [0, 0.1) is 5.82 Å². The summed E-state index contributed by atoms with van der Waals surface area (Å²) in [6.07, 6.45) is 0. The van der Waals surface area contributed by atoms with Crippen LogP contribution in [-0.2, 0) is 9.53 Å². The van der Waals surface area contributed by atoms with E-state index >= 15 is 0 Å². The van der Waals surface area contributed by atoms with Gasteiger partial charge in [-0.3, -0.25) is 9.59 Å². The van der Waals surface area contributed by atoms with Crippen LogP contribution in [0.15, 0.2) is 18.2 Å². The SMILES string of the molecule is CNC(=O)C1COCCN1C(=O)c1ccc(F)c(N)c1. The number of ether oxygens (including phenoxy) is 1. The van der Waals surface area contributed by atoms with Gasteiger partial charge in [-0.1, -0.05) is 0 Å². The highest BCUT2D eigenvalue weighted by Gasteiger charge is 2.32. The van der Waals surface area contributed by atoms with Crippen LogP contribution < -0.4 is 11.1 Å². The van der Waals surface area contributed by atoms with Crippen LogP contribution >= 0.6 is 0 Å². The molecule has 7 heteroatoms. The van der Waals surface area contributed by atoms with Crippen LogP contribution in [0.1, 0.15) is 10.4 Å². The second-order valence-corrected chi connectivity index (χ2v) is 4.44. The van der Waals surface area contributed by atoms with Crippen molar-refractivity contribution in [3.63, 3.8) is 0 Å². The van der Waals surface area contributed by atoms with E-state index in [0.717, 1.165) is 6.07 Å². The summed E-state index contributed by atoms with van der Waals surface area (Å²) in [5.41, 5.74) is 5.61. The molecule has 0 aromatic heterocycles. The van der Waals surface area contributed by atoms with Crippen LogP contribution in [0.5, 0.6) is 0 Å². The molecule has 1 fully saturated rings. The Morgan fingerprint density at radius 2 is 2.25 bits per heavy atom. The molecule has 2 rings (SSSR count). The molecule has 3 N–H and O–H groups in total. The molecule has 1 aromatic rings. The minimum Gasteiger partial charge on any atom is -0.396 e. The normalized spacial score (nSPS) is 18.7. The van der Waals surface area contributed by atoms with Crippen molar-refractivity contribution in [3.05, 3.63) is 29.6 Å². The zero-order valence-corrected chi connectivity index (χ0v) is 11.1. The van der Waals surface area contributed by atoms with Crippen molar-refractivity contribution in [1.29, 1.82) is 0 Å². The van der Waals surface area contributed by atoms with Gasteiger partial charge in [-0.05, 0) is 18.2 Å². The third kappa shape index (κ3) is 2.72. The van der Waals surface area contributed by atoms with Crippen molar-refractivity contribution in [3.8, 4) is 0 Å². The molecule has 2 amide bonds. The van der Waals surface area contributed by atoms with Gasteiger partial charge in [0.15, 0.2) is 0 Å². The fourth-order valence-corrected chi connectivity index (χ4v) is 2.07. The maximum atomic E-state index is 13.1. The molecule has 0 saturated carbocycles. The number of hydrogen-bond donors (Lipinski definition) is 2. The maximum absolute atomic E-state index is 13.1. The molecule has 0 bridgehead atoms. The van der Waals surface area contributed by atoms with Gasteiger partial charge in [-0.15, -0.1) is 0 Å². The van der Waals surface area contributed by atoms with Crippen molar-refractivity contribution in [2.24, 2.45) is 0 Å². The van der Waals surface area contributed by atoms with Gasteiger partial charge < -0.3 is 20.7 Å². The first-order chi connectivity index (χ1) is 9.54. The van der Waals surface area contributed by atoms with Crippen LogP contribution in [-0.4, -0.2) is 49.6 Å². The lowest BCUT2D eigenvalue weighted by Crippen LogP contribution is -2.55. The van der Waals surface area contributed by atoms with Crippen molar-refractivity contribution >= 4 is 17.5 Å². The average Bonchev–Trinajstić information content (AvgIpc) is 2.48. The standard InChI is InChI=1S/C13H16FN3O3/c1-16-12(18)11-7-20-5-4-17(11)13(19)8-2-3-9(14)10(15)6-8/h2-3,6,11H,4-5,7,15H2,1H3,(H,16,18). The Labute approximate surface area is 115 Å². The summed E-state index contributed by atoms with van der Waals surface area (Å²) in [5, 5.41) is 2.49. The van der Waals surface area contributed by atoms with E-state index in [-0.39, 0.29) is 29.7 Å². The predicted molar refractivity (Wildman–Crippen MR) is 70.5 cm³/mol. The topological polar surface area (TPSA) is 84.7 Å². The highest BCUT2D eigenvalue weighted by molar-refractivity contribution is 5.98. The van der Waals surface area contributed by atoms with Crippen LogP contribution in [0.2, 0.25) is 0 Å². The maximum Gasteiger partial charge on any atom is 0.254 e. The van der Waals surface area contributed by atoms with Gasteiger partial charge >= 0.3 is 0 Å². The smallest absolute Gasteiger partial charge is 0.254 e. The number of morpholine rings is 1. The van der Waals surface area contributed by atoms with Gasteiger partial charge in [0, 0.05) is 19.2 Å². The molecule has 6 nitrogen and oxygen atoms in total. The monoisotopic (exact) mass is 281 g/mol. The number of likely N-dealkylation sites (N-methyl/N-ethyl adjacent to an activating group) is 1. The Bertz CT molecular complexity index is 536. The number of hydrogen-bond acceptors (Lipinski definition) is 4. The molecule has 0 spiro atoms. The predicted octanol–water partition coefficient (Wildman–Crippen LogP) is -0.00510. The highest BCUT2D eigenvalue weighted by Crippen LogP contribution is 2.17. The van der Waals surface area contributed by atoms with E-state index in [1.54, 1.807) is 0 Å². The fourth-order valence-electron chi connectivity index (χ4n) is 2.07. The number of nitrogen functional groups attached to an aromatic ring is 1. The summed E-state index contributed by atoms with van der Waals surface area (Å²) in [4.78, 5) is 25.6. The number of nitrogens with two attached hydrogens (primary N) is 1. The minimum absolute atomic E-state index is 0.0967. The number of carbonyl (C=O) groups is 2. The Morgan fingerprint density at radius 3 is 2.90 bits per heavy atom. The molecule has 1 saturated heterocycles. The first-order valence-corrected chi connectivity index (χ1v) is 6.20. The Morgan fingerprint density at radius 1 is 1.50 bits per heavy atom. The van der Waals surface area contributed by atoms with E-state index in [9.17, 15) is 14.0 Å². The molecule has 1 unspecified atom stereocenters. The summed E-state index contributed by atoms with van der Waals surface area (Å²) in [6.45, 7) is 0.798. The quantitative estimate of drug-likeness (QED) is 0.747. The molecule has 1 aromatic carbocycles. The number of rotatable bonds is 2. The Balaban J connectivity index is 2.25. The third-order valence-electron chi connectivity index (χ3n) is 3.18. The molecule has 108 valence electrons. The molecule has 0 aliphatic carbocycles. The van der Waals surface area contributed by atoms with Crippen molar-refractivity contribution in [2.75, 3.05) is 32.5 Å². The second kappa shape index (κ2) is 5.87. The minimum atomic E-state index is -0.687. The lowest BCUT2D eigenvalue weighted by atomic mass is 10.1. The first-order valence-electron chi connectivity index (χ1n) is 6.20. The number of carbonyl (C=O) groups excluding carboxylic acids is 2. The molecule has 0 radical (unpaired) electrons. The van der Waals surface area contributed by atoms with Gasteiger partial charge in [-0.2, -0.15) is 0 Å². The van der Waals surface area contributed by atoms with Gasteiger partial charge in [0.1, 0.15) is 11.9 Å². The van der Waals surface area contributed by atoms with E-state index in [1.807, 2.05) is 0 Å². The fraction of sp³-hybridized carbons (Fsp3) is 0.385. The lowest BCUT2D eigenvalue weighted by molar-refractivity contribution is -0.130. The van der Waals surface area contributed by atoms with Gasteiger partial charge in [0.2, 0.25) is 5.91 Å². The Hall–Kier alpha value is -2.15. The van der Waals surface area contributed by atoms with E-state index < -0.39 is 11.9 Å². The van der Waals surface area contributed by atoms with Gasteiger partial charge in [0.05, 0.1) is 18.9 Å². The number of benzene rings is 1. The number of anilines is 1. The molecule has 1 aliphatic rings. The zero-order chi connectivity index (χ0) is 14.7. The van der Waals surface area contributed by atoms with Gasteiger partial charge in [0.25, 0.3) is 5.91 Å². The van der Waals surface area contributed by atoms with Crippen molar-refractivity contribution in [2.45, 2.75) is 6.04 Å². The zero-order valence-electron chi connectivity index (χ0n) is 11.1. The molecule has 1 atom stereocenters. The van der Waals surface area contributed by atoms with Crippen LogP contribution in [0.3, 0.4) is 0 Å². The number of amides is 2. The number of nitrogens with zero attached hydrogens (tertiary/aromatic N) is 1. The van der Waals surface area contributed by atoms with E-state index in [2.05, 4.69) is 5.32 Å². The number of nitrogens with one attached hydrogen (secondary N) is 1. The average molecular weight is 281 g/mol. The Kier molecular flexibility index (Phi) is 4.19. The molecule has 1 heterocycles. The summed E-state index contributed by atoms with van der Waals surface area (Å²) in [5.74, 6) is -1.24. The largest absolute Gasteiger partial charge is 0.396 e. The van der Waals surface area contributed by atoms with Gasteiger partial charge in [-0.25, -0.2) is 4.39 Å². The molecule has 1 aliphatic heterocycles. The van der Waals surface area contributed by atoms with Crippen LogP contribution in [0.25, 0.3) is 0 Å². The molecular weight excluding hydrogens is 265 g/mol. The van der Waals surface area contributed by atoms with Crippen LogP contribution in [0.4, 0.5) is 10.1 Å². The van der Waals surface area contributed by atoms with E-state index in [4.69, 9.17) is 10.5 Å². The lowest BCUT2D eigenvalue weighted by Gasteiger charge is -2.34. The summed E-state index contributed by atoms with van der Waals surface area (Å²) in [6, 6.07) is 3.07. The third-order valence-corrected chi connectivity index (χ3v) is 3.18. The summed E-state index contributed by atoms with van der Waals surface area (Å²) < 4.78 is 18.4. The van der Waals surface area contributed by atoms with Crippen molar-refractivity contribution < 1.29 is 18.7 Å². The second-order valence-electron chi connectivity index (χ2n) is 4.44. The van der Waals surface area contributed by atoms with Crippen molar-refractivity contribution in [1.82, 2.24) is 10.2 Å². The van der Waals surface area contributed by atoms with E-state index in [0.29, 0.717) is 13.2 Å². The highest BCUT2D eigenvalue weighted by atomic mass is 19.1. The number of halogens is 1. The first kappa shape index (κ1) is 14.3.